The van der Waals surface area contributed by atoms with Crippen LogP contribution in [0.3, 0.4) is 0 Å². The van der Waals surface area contributed by atoms with Gasteiger partial charge in [-0.05, 0) is 41.1 Å². The van der Waals surface area contributed by atoms with Crippen molar-refractivity contribution >= 4 is 21.8 Å². The fraction of sp³-hybridized carbons (Fsp3) is 0.133. The predicted octanol–water partition coefficient (Wildman–Crippen LogP) is 4.22. The number of amides is 1. The molecule has 0 aliphatic rings. The van der Waals surface area contributed by atoms with Gasteiger partial charge in [-0.15, -0.1) is 0 Å². The van der Waals surface area contributed by atoms with E-state index in [1.807, 2.05) is 0 Å². The van der Waals surface area contributed by atoms with E-state index in [0.29, 0.717) is 10.0 Å². The van der Waals surface area contributed by atoms with E-state index in [-0.39, 0.29) is 11.5 Å². The second kappa shape index (κ2) is 6.13. The van der Waals surface area contributed by atoms with Crippen LogP contribution in [0.4, 0.5) is 8.78 Å². The zero-order valence-electron chi connectivity index (χ0n) is 10.7. The van der Waals surface area contributed by atoms with Gasteiger partial charge in [-0.3, -0.25) is 4.79 Å². The van der Waals surface area contributed by atoms with Gasteiger partial charge in [-0.1, -0.05) is 18.2 Å². The summed E-state index contributed by atoms with van der Waals surface area (Å²) >= 11 is 3.28. The zero-order valence-corrected chi connectivity index (χ0v) is 12.2. The van der Waals surface area contributed by atoms with Gasteiger partial charge in [0.2, 0.25) is 0 Å². The lowest BCUT2D eigenvalue weighted by molar-refractivity contribution is 0.0938. The average molecular weight is 340 g/mol. The molecule has 0 radical (unpaired) electrons. The molecule has 20 heavy (non-hydrogen) atoms. The quantitative estimate of drug-likeness (QED) is 0.891. The first-order valence-corrected chi connectivity index (χ1v) is 6.78. The van der Waals surface area contributed by atoms with Crippen LogP contribution in [-0.2, 0) is 0 Å². The van der Waals surface area contributed by atoms with Crippen LogP contribution in [0.2, 0.25) is 0 Å². The van der Waals surface area contributed by atoms with Crippen LogP contribution in [0.5, 0.6) is 0 Å². The summed E-state index contributed by atoms with van der Waals surface area (Å²) in [6.45, 7) is 1.64. The third-order valence-corrected chi connectivity index (χ3v) is 3.59. The minimum Gasteiger partial charge on any atom is -0.345 e. The van der Waals surface area contributed by atoms with Crippen molar-refractivity contribution in [1.29, 1.82) is 0 Å². The van der Waals surface area contributed by atoms with Gasteiger partial charge < -0.3 is 5.32 Å². The third kappa shape index (κ3) is 3.22. The topological polar surface area (TPSA) is 29.1 Å². The number of carbonyl (C=O) groups is 1. The van der Waals surface area contributed by atoms with Crippen molar-refractivity contribution < 1.29 is 13.6 Å². The molecule has 1 atom stereocenters. The first-order chi connectivity index (χ1) is 9.49. The maximum atomic E-state index is 13.6. The molecule has 0 aromatic heterocycles. The highest BCUT2D eigenvalue weighted by Gasteiger charge is 2.16. The first kappa shape index (κ1) is 14.7. The van der Waals surface area contributed by atoms with Gasteiger partial charge in [0.1, 0.15) is 11.6 Å². The fourth-order valence-corrected chi connectivity index (χ4v) is 2.32. The molecule has 0 heterocycles. The molecule has 0 saturated carbocycles. The molecule has 2 nitrogen and oxygen atoms in total. The fourth-order valence-electron chi connectivity index (χ4n) is 1.85. The van der Waals surface area contributed by atoms with Crippen molar-refractivity contribution in [3.8, 4) is 0 Å². The standard InChI is InChI=1S/C15H12BrF2NO/c1-9(11-7-6-10(17)8-14(11)18)19-15(20)12-4-2-3-5-13(12)16/h2-9H,1H3,(H,19,20)/t9-/m0/s1. The predicted molar refractivity (Wildman–Crippen MR) is 76.4 cm³/mol. The first-order valence-electron chi connectivity index (χ1n) is 5.99. The average Bonchev–Trinajstić information content (AvgIpc) is 2.38. The van der Waals surface area contributed by atoms with E-state index in [2.05, 4.69) is 21.2 Å². The lowest BCUT2D eigenvalue weighted by Gasteiger charge is -2.15. The summed E-state index contributed by atoms with van der Waals surface area (Å²) in [4.78, 5) is 12.1. The van der Waals surface area contributed by atoms with Crippen LogP contribution in [0, 0.1) is 11.6 Å². The summed E-state index contributed by atoms with van der Waals surface area (Å²) in [6, 6.07) is 9.68. The molecule has 0 aliphatic heterocycles. The van der Waals surface area contributed by atoms with Crippen molar-refractivity contribution in [1.82, 2.24) is 5.32 Å². The van der Waals surface area contributed by atoms with Crippen molar-refractivity contribution in [2.45, 2.75) is 13.0 Å². The number of rotatable bonds is 3. The molecule has 1 N–H and O–H groups in total. The van der Waals surface area contributed by atoms with Crippen molar-refractivity contribution in [3.63, 3.8) is 0 Å². The van der Waals surface area contributed by atoms with Gasteiger partial charge >= 0.3 is 0 Å². The SMILES string of the molecule is C[C@H](NC(=O)c1ccccc1Br)c1ccc(F)cc1F. The smallest absolute Gasteiger partial charge is 0.252 e. The van der Waals surface area contributed by atoms with Gasteiger partial charge in [-0.2, -0.15) is 0 Å². The third-order valence-electron chi connectivity index (χ3n) is 2.90. The summed E-state index contributed by atoms with van der Waals surface area (Å²) in [7, 11) is 0. The summed E-state index contributed by atoms with van der Waals surface area (Å²) < 4.78 is 27.1. The highest BCUT2D eigenvalue weighted by molar-refractivity contribution is 9.10. The molecular weight excluding hydrogens is 328 g/mol. The summed E-state index contributed by atoms with van der Waals surface area (Å²) in [5.74, 6) is -1.64. The molecule has 2 rings (SSSR count). The maximum absolute atomic E-state index is 13.6. The molecular formula is C15H12BrF2NO. The van der Waals surface area contributed by atoms with Gasteiger partial charge in [0.25, 0.3) is 5.91 Å². The Morgan fingerprint density at radius 2 is 1.90 bits per heavy atom. The summed E-state index contributed by atoms with van der Waals surface area (Å²) in [5, 5.41) is 2.68. The minimum atomic E-state index is -0.676. The van der Waals surface area contributed by atoms with Crippen molar-refractivity contribution in [2.24, 2.45) is 0 Å². The van der Waals surface area contributed by atoms with Gasteiger partial charge in [0.15, 0.2) is 0 Å². The highest BCUT2D eigenvalue weighted by Crippen LogP contribution is 2.20. The second-order valence-corrected chi connectivity index (χ2v) is 5.20. The van der Waals surface area contributed by atoms with E-state index in [0.717, 1.165) is 6.07 Å². The van der Waals surface area contributed by atoms with Gasteiger partial charge in [-0.25, -0.2) is 8.78 Å². The van der Waals surface area contributed by atoms with Crippen LogP contribution >= 0.6 is 15.9 Å². The molecule has 2 aromatic carbocycles. The zero-order chi connectivity index (χ0) is 14.7. The number of halogens is 3. The largest absolute Gasteiger partial charge is 0.345 e. The Balaban J connectivity index is 2.17. The molecule has 0 unspecified atom stereocenters. The molecule has 104 valence electrons. The van der Waals surface area contributed by atoms with Crippen LogP contribution in [0.1, 0.15) is 28.9 Å². The normalized spacial score (nSPS) is 12.0. The molecule has 5 heteroatoms. The molecule has 0 fully saturated rings. The molecule has 2 aromatic rings. The minimum absolute atomic E-state index is 0.242. The second-order valence-electron chi connectivity index (χ2n) is 4.34. The number of hydrogen-bond acceptors (Lipinski definition) is 1. The number of nitrogens with one attached hydrogen (secondary N) is 1. The molecule has 0 bridgehead atoms. The Kier molecular flexibility index (Phi) is 4.49. The van der Waals surface area contributed by atoms with Crippen LogP contribution < -0.4 is 5.32 Å². The summed E-state index contributed by atoms with van der Waals surface area (Å²) in [6.07, 6.45) is 0. The number of hydrogen-bond donors (Lipinski definition) is 1. The Bertz CT molecular complexity index is 646. The highest BCUT2D eigenvalue weighted by atomic mass is 79.9. The monoisotopic (exact) mass is 339 g/mol. The molecule has 0 spiro atoms. The van der Waals surface area contributed by atoms with Gasteiger partial charge in [0, 0.05) is 16.1 Å². The summed E-state index contributed by atoms with van der Waals surface area (Å²) in [5.41, 5.74) is 0.702. The Morgan fingerprint density at radius 1 is 1.20 bits per heavy atom. The van der Waals surface area contributed by atoms with Crippen molar-refractivity contribution in [3.05, 3.63) is 69.7 Å². The van der Waals surface area contributed by atoms with E-state index in [9.17, 15) is 13.6 Å². The Labute approximate surface area is 123 Å². The number of benzene rings is 2. The van der Waals surface area contributed by atoms with Gasteiger partial charge in [0.05, 0.1) is 11.6 Å². The number of carbonyl (C=O) groups excluding carboxylic acids is 1. The van der Waals surface area contributed by atoms with Crippen LogP contribution in [-0.4, -0.2) is 5.91 Å². The van der Waals surface area contributed by atoms with Crippen molar-refractivity contribution in [2.75, 3.05) is 0 Å². The maximum Gasteiger partial charge on any atom is 0.252 e. The molecule has 0 saturated heterocycles. The van der Waals surface area contributed by atoms with E-state index < -0.39 is 17.7 Å². The Hall–Kier alpha value is -1.75. The lowest BCUT2D eigenvalue weighted by atomic mass is 10.1. The Morgan fingerprint density at radius 3 is 2.55 bits per heavy atom. The van der Waals surface area contributed by atoms with E-state index in [1.165, 1.54) is 12.1 Å². The lowest BCUT2D eigenvalue weighted by Crippen LogP contribution is -2.27. The van der Waals surface area contributed by atoms with E-state index in [1.54, 1.807) is 31.2 Å². The van der Waals surface area contributed by atoms with Crippen LogP contribution in [0.15, 0.2) is 46.9 Å². The van der Waals surface area contributed by atoms with E-state index >= 15 is 0 Å². The molecule has 0 aliphatic carbocycles. The molecule has 1 amide bonds. The van der Waals surface area contributed by atoms with Crippen LogP contribution in [0.25, 0.3) is 0 Å². The van der Waals surface area contributed by atoms with E-state index in [4.69, 9.17) is 0 Å².